The predicted octanol–water partition coefficient (Wildman–Crippen LogP) is 4.30. The molecular formula is C36H39N7O4. The fraction of sp³-hybridized carbons (Fsp3) is 0.389. The summed E-state index contributed by atoms with van der Waals surface area (Å²) in [5.41, 5.74) is 4.10. The van der Waals surface area contributed by atoms with Crippen molar-refractivity contribution >= 4 is 28.4 Å². The zero-order valence-corrected chi connectivity index (χ0v) is 26.4. The average Bonchev–Trinajstić information content (AvgIpc) is 3.13. The van der Waals surface area contributed by atoms with Crippen molar-refractivity contribution in [1.82, 2.24) is 20.2 Å². The Morgan fingerprint density at radius 2 is 1.85 bits per heavy atom. The molecule has 3 aliphatic heterocycles. The number of hydrogen-bond acceptors (Lipinski definition) is 10. The van der Waals surface area contributed by atoms with Gasteiger partial charge in [0.1, 0.15) is 25.1 Å². The fourth-order valence-corrected chi connectivity index (χ4v) is 6.67. The molecule has 2 unspecified atom stereocenters. The molecule has 1 aromatic heterocycles. The van der Waals surface area contributed by atoms with Gasteiger partial charge in [-0.2, -0.15) is 15.2 Å². The maximum absolute atomic E-state index is 13.2. The highest BCUT2D eigenvalue weighted by atomic mass is 16.6. The van der Waals surface area contributed by atoms with Gasteiger partial charge < -0.3 is 34.2 Å². The number of nitrogens with one attached hydrogen (secondary N) is 1. The van der Waals surface area contributed by atoms with Crippen molar-refractivity contribution in [2.45, 2.75) is 38.1 Å². The Kier molecular flexibility index (Phi) is 9.31. The molecule has 1 amide bonds. The number of anilines is 2. The highest BCUT2D eigenvalue weighted by Gasteiger charge is 2.35. The summed E-state index contributed by atoms with van der Waals surface area (Å²) < 4.78 is 17.7. The lowest BCUT2D eigenvalue weighted by Gasteiger charge is -2.42. The van der Waals surface area contributed by atoms with E-state index in [0.29, 0.717) is 51.9 Å². The topological polar surface area (TPSA) is 116 Å². The molecule has 2 atom stereocenters. The van der Waals surface area contributed by atoms with Crippen molar-refractivity contribution in [2.75, 3.05) is 62.3 Å². The van der Waals surface area contributed by atoms with Gasteiger partial charge in [0, 0.05) is 55.9 Å². The molecule has 4 heterocycles. The van der Waals surface area contributed by atoms with Crippen LogP contribution in [-0.2, 0) is 29.0 Å². The summed E-state index contributed by atoms with van der Waals surface area (Å²) in [6.45, 7) is 5.56. The van der Waals surface area contributed by atoms with Crippen molar-refractivity contribution in [3.8, 4) is 12.1 Å². The minimum absolute atomic E-state index is 0.0792. The summed E-state index contributed by atoms with van der Waals surface area (Å²) in [7, 11) is 0. The lowest BCUT2D eigenvalue weighted by atomic mass is 10.0. The lowest BCUT2D eigenvalue weighted by molar-refractivity contribution is -0.00183. The molecule has 2 fully saturated rings. The third-order valence-electron chi connectivity index (χ3n) is 9.08. The molecule has 242 valence electrons. The molecule has 2 saturated heterocycles. The van der Waals surface area contributed by atoms with Crippen LogP contribution in [0.4, 0.5) is 16.3 Å². The maximum atomic E-state index is 13.2. The first-order valence-electron chi connectivity index (χ1n) is 16.3. The molecule has 3 aromatic carbocycles. The zero-order chi connectivity index (χ0) is 32.0. The molecule has 11 heteroatoms. The van der Waals surface area contributed by atoms with E-state index < -0.39 is 6.09 Å². The van der Waals surface area contributed by atoms with Crippen LogP contribution < -0.4 is 19.9 Å². The summed E-state index contributed by atoms with van der Waals surface area (Å²) in [6, 6.07) is 26.7. The van der Waals surface area contributed by atoms with Crippen molar-refractivity contribution in [2.24, 2.45) is 0 Å². The summed E-state index contributed by atoms with van der Waals surface area (Å²) in [5.74, 6) is 0.811. The molecule has 7 rings (SSSR count). The zero-order valence-electron chi connectivity index (χ0n) is 26.4. The third kappa shape index (κ3) is 6.94. The van der Waals surface area contributed by atoms with E-state index in [1.54, 1.807) is 4.90 Å². The number of nitrogens with zero attached hydrogens (tertiary/aromatic N) is 6. The van der Waals surface area contributed by atoms with Crippen LogP contribution in [0.25, 0.3) is 10.8 Å². The van der Waals surface area contributed by atoms with Gasteiger partial charge in [0.05, 0.1) is 37.4 Å². The highest BCUT2D eigenvalue weighted by molar-refractivity contribution is 5.94. The van der Waals surface area contributed by atoms with E-state index in [9.17, 15) is 10.1 Å². The van der Waals surface area contributed by atoms with Crippen LogP contribution in [0.5, 0.6) is 6.01 Å². The number of carbonyl (C=O) groups excluding carboxylic acids is 1. The van der Waals surface area contributed by atoms with E-state index in [1.165, 1.54) is 16.5 Å². The number of benzene rings is 3. The first-order chi connectivity index (χ1) is 23.2. The summed E-state index contributed by atoms with van der Waals surface area (Å²) >= 11 is 0. The van der Waals surface area contributed by atoms with Crippen LogP contribution in [-0.4, -0.2) is 85.6 Å². The fourth-order valence-electron chi connectivity index (χ4n) is 6.67. The second-order valence-corrected chi connectivity index (χ2v) is 12.1. The Balaban J connectivity index is 1.14. The van der Waals surface area contributed by atoms with Crippen molar-refractivity contribution in [3.63, 3.8) is 0 Å². The number of fused-ring (bicyclic) bond motifs is 2. The van der Waals surface area contributed by atoms with Crippen LogP contribution >= 0.6 is 0 Å². The normalized spacial score (nSPS) is 19.6. The van der Waals surface area contributed by atoms with Gasteiger partial charge in [-0.15, -0.1) is 0 Å². The van der Waals surface area contributed by atoms with Gasteiger partial charge in [-0.05, 0) is 23.4 Å². The summed E-state index contributed by atoms with van der Waals surface area (Å²) in [6.07, 6.45) is 0.458. The molecular weight excluding hydrogens is 594 g/mol. The Labute approximate surface area is 274 Å². The van der Waals surface area contributed by atoms with Gasteiger partial charge in [-0.3, -0.25) is 0 Å². The molecule has 47 heavy (non-hydrogen) atoms. The van der Waals surface area contributed by atoms with E-state index in [2.05, 4.69) is 63.7 Å². The number of piperazine rings is 1. The SMILES string of the molecule is N#CCC1CN(c2nc(OCC3CNCCO3)nc3c2CCN(c2cccc4ccccc24)C3)CCN1C(=O)OCc1ccccc1. The highest BCUT2D eigenvalue weighted by Crippen LogP contribution is 2.35. The Morgan fingerprint density at radius 1 is 1.00 bits per heavy atom. The Hall–Kier alpha value is -4.92. The molecule has 1 N–H and O–H groups in total. The van der Waals surface area contributed by atoms with Crippen LogP contribution in [0, 0.1) is 11.3 Å². The smallest absolute Gasteiger partial charge is 0.410 e. The largest absolute Gasteiger partial charge is 0.461 e. The summed E-state index contributed by atoms with van der Waals surface area (Å²) in [4.78, 5) is 29.3. The standard InChI is InChI=1S/C36H39N7O4/c37-15-13-28-22-42(18-19-43(28)36(44)47-24-26-7-2-1-3-8-26)34-31-14-17-41(33-12-6-10-27-9-4-5-11-30(27)33)23-32(31)39-35(40-34)46-25-29-21-38-16-20-45-29/h1-12,28-29,38H,13-14,16-25H2. The van der Waals surface area contributed by atoms with Crippen LogP contribution in [0.1, 0.15) is 23.2 Å². The van der Waals surface area contributed by atoms with Gasteiger partial charge in [-0.25, -0.2) is 4.79 Å². The number of morpholine rings is 1. The number of nitriles is 1. The number of aromatic nitrogens is 2. The van der Waals surface area contributed by atoms with Gasteiger partial charge in [0.2, 0.25) is 0 Å². The van der Waals surface area contributed by atoms with E-state index >= 15 is 0 Å². The number of ether oxygens (including phenoxy) is 3. The molecule has 0 saturated carbocycles. The molecule has 4 aromatic rings. The minimum atomic E-state index is -0.408. The second kappa shape index (κ2) is 14.2. The maximum Gasteiger partial charge on any atom is 0.410 e. The number of amides is 1. The quantitative estimate of drug-likeness (QED) is 0.301. The van der Waals surface area contributed by atoms with Gasteiger partial charge in [0.25, 0.3) is 0 Å². The first-order valence-corrected chi connectivity index (χ1v) is 16.3. The lowest BCUT2D eigenvalue weighted by Crippen LogP contribution is -2.55. The number of carbonyl (C=O) groups is 1. The van der Waals surface area contributed by atoms with Gasteiger partial charge in [0.15, 0.2) is 0 Å². The minimum Gasteiger partial charge on any atom is -0.461 e. The van der Waals surface area contributed by atoms with Crippen LogP contribution in [0.2, 0.25) is 0 Å². The molecule has 3 aliphatic rings. The van der Waals surface area contributed by atoms with E-state index in [0.717, 1.165) is 42.1 Å². The Bertz CT molecular complexity index is 1740. The van der Waals surface area contributed by atoms with E-state index in [1.807, 2.05) is 30.3 Å². The monoisotopic (exact) mass is 633 g/mol. The van der Waals surface area contributed by atoms with Crippen molar-refractivity contribution in [1.29, 1.82) is 5.26 Å². The van der Waals surface area contributed by atoms with Crippen molar-refractivity contribution in [3.05, 3.63) is 89.6 Å². The molecule has 0 bridgehead atoms. The molecule has 11 nitrogen and oxygen atoms in total. The molecule has 0 radical (unpaired) electrons. The number of rotatable bonds is 8. The van der Waals surface area contributed by atoms with Crippen LogP contribution in [0.3, 0.4) is 0 Å². The average molecular weight is 634 g/mol. The van der Waals surface area contributed by atoms with E-state index in [4.69, 9.17) is 24.2 Å². The van der Waals surface area contributed by atoms with Gasteiger partial charge >= 0.3 is 12.1 Å². The van der Waals surface area contributed by atoms with Gasteiger partial charge in [-0.1, -0.05) is 66.7 Å². The summed E-state index contributed by atoms with van der Waals surface area (Å²) in [5, 5.41) is 15.5. The first kappa shape index (κ1) is 30.7. The third-order valence-corrected chi connectivity index (χ3v) is 9.08. The van der Waals surface area contributed by atoms with E-state index in [-0.39, 0.29) is 25.2 Å². The molecule has 0 spiro atoms. The predicted molar refractivity (Wildman–Crippen MR) is 178 cm³/mol. The molecule has 0 aliphatic carbocycles. The number of hydrogen-bond donors (Lipinski definition) is 1. The van der Waals surface area contributed by atoms with Crippen LogP contribution in [0.15, 0.2) is 72.8 Å². The van der Waals surface area contributed by atoms with Crippen molar-refractivity contribution < 1.29 is 19.0 Å². The second-order valence-electron chi connectivity index (χ2n) is 12.1. The Morgan fingerprint density at radius 3 is 2.70 bits per heavy atom.